The number of ether oxygens (including phenoxy) is 3. The molecule has 0 heterocycles. The quantitative estimate of drug-likeness (QED) is 0.557. The Morgan fingerprint density at radius 2 is 1.81 bits per heavy atom. The van der Waals surface area contributed by atoms with E-state index in [0.717, 1.165) is 6.07 Å². The molecule has 0 aliphatic heterocycles. The van der Waals surface area contributed by atoms with Crippen LogP contribution in [0.25, 0.3) is 0 Å². The number of carbonyl (C=O) groups excluding carboxylic acids is 1. The Morgan fingerprint density at radius 1 is 1.12 bits per heavy atom. The van der Waals surface area contributed by atoms with Crippen molar-refractivity contribution in [3.8, 4) is 17.2 Å². The summed E-state index contributed by atoms with van der Waals surface area (Å²) in [6.07, 6.45) is 0. The zero-order valence-corrected chi connectivity index (χ0v) is 15.3. The number of hydrogen-bond acceptors (Lipinski definition) is 6. The molecule has 0 saturated carbocycles. The van der Waals surface area contributed by atoms with E-state index in [1.165, 1.54) is 38.5 Å². The van der Waals surface area contributed by atoms with Gasteiger partial charge in [-0.25, -0.2) is 0 Å². The van der Waals surface area contributed by atoms with Crippen LogP contribution < -0.4 is 19.5 Å². The number of nitrogens with zero attached hydrogens (tertiary/aromatic N) is 1. The molecule has 2 aromatic rings. The molecule has 0 atom stereocenters. The van der Waals surface area contributed by atoms with Crippen molar-refractivity contribution in [1.82, 2.24) is 0 Å². The monoisotopic (exact) mass is 400 g/mol. The smallest absolute Gasteiger partial charge is 0.312 e. The van der Waals surface area contributed by atoms with Gasteiger partial charge in [0, 0.05) is 23.2 Å². The van der Waals surface area contributed by atoms with Gasteiger partial charge in [-0.2, -0.15) is 0 Å². The molecule has 0 aliphatic carbocycles. The molecule has 1 amide bonds. The minimum Gasteiger partial charge on any atom is -0.495 e. The average molecular weight is 401 g/mol. The molecule has 2 aromatic carbocycles. The molecule has 0 saturated heterocycles. The van der Waals surface area contributed by atoms with Gasteiger partial charge in [0.2, 0.25) is 0 Å². The maximum atomic E-state index is 12.1. The third-order valence-electron chi connectivity index (χ3n) is 3.22. The molecule has 0 aromatic heterocycles. The van der Waals surface area contributed by atoms with Gasteiger partial charge in [-0.15, -0.1) is 0 Å². The third-order valence-corrected chi connectivity index (χ3v) is 3.75. The van der Waals surface area contributed by atoms with Crippen LogP contribution in [-0.2, 0) is 4.79 Å². The number of benzene rings is 2. The Bertz CT molecular complexity index is 844. The van der Waals surface area contributed by atoms with E-state index in [4.69, 9.17) is 37.4 Å². The maximum absolute atomic E-state index is 12.1. The van der Waals surface area contributed by atoms with Crippen LogP contribution in [0.15, 0.2) is 30.3 Å². The van der Waals surface area contributed by atoms with Crippen molar-refractivity contribution in [2.45, 2.75) is 0 Å². The van der Waals surface area contributed by atoms with Crippen molar-refractivity contribution in [2.24, 2.45) is 0 Å². The fourth-order valence-corrected chi connectivity index (χ4v) is 2.44. The summed E-state index contributed by atoms with van der Waals surface area (Å²) in [6, 6.07) is 6.86. The highest BCUT2D eigenvalue weighted by Crippen LogP contribution is 2.36. The Kier molecular flexibility index (Phi) is 6.48. The minimum absolute atomic E-state index is 0.0739. The number of carbonyl (C=O) groups is 1. The van der Waals surface area contributed by atoms with Crippen molar-refractivity contribution in [3.05, 3.63) is 50.5 Å². The molecule has 26 heavy (non-hydrogen) atoms. The van der Waals surface area contributed by atoms with E-state index >= 15 is 0 Å². The van der Waals surface area contributed by atoms with Gasteiger partial charge in [0.15, 0.2) is 12.4 Å². The number of nitrogens with one attached hydrogen (secondary N) is 1. The number of amides is 1. The lowest BCUT2D eigenvalue weighted by Gasteiger charge is -2.13. The summed E-state index contributed by atoms with van der Waals surface area (Å²) in [5.41, 5.74) is -0.0241. The van der Waals surface area contributed by atoms with Crippen LogP contribution in [0.4, 0.5) is 11.4 Å². The van der Waals surface area contributed by atoms with Gasteiger partial charge in [0.1, 0.15) is 11.5 Å². The van der Waals surface area contributed by atoms with Gasteiger partial charge in [-0.1, -0.05) is 23.2 Å². The van der Waals surface area contributed by atoms with Crippen molar-refractivity contribution in [2.75, 3.05) is 26.1 Å². The van der Waals surface area contributed by atoms with Gasteiger partial charge in [0.25, 0.3) is 5.91 Å². The summed E-state index contributed by atoms with van der Waals surface area (Å²) in [7, 11) is 2.85. The average Bonchev–Trinajstić information content (AvgIpc) is 2.61. The van der Waals surface area contributed by atoms with Crippen molar-refractivity contribution < 1.29 is 23.9 Å². The normalized spacial score (nSPS) is 10.2. The number of halogens is 2. The third kappa shape index (κ3) is 4.68. The van der Waals surface area contributed by atoms with Crippen LogP contribution in [0, 0.1) is 10.1 Å². The molecule has 0 spiro atoms. The van der Waals surface area contributed by atoms with E-state index < -0.39 is 17.4 Å². The van der Waals surface area contributed by atoms with Gasteiger partial charge in [-0.3, -0.25) is 14.9 Å². The Morgan fingerprint density at radius 3 is 2.42 bits per heavy atom. The molecule has 10 heteroatoms. The summed E-state index contributed by atoms with van der Waals surface area (Å²) in [5, 5.41) is 14.1. The van der Waals surface area contributed by atoms with Gasteiger partial charge in [0.05, 0.1) is 29.9 Å². The highest BCUT2D eigenvalue weighted by atomic mass is 35.5. The molecule has 0 unspecified atom stereocenters. The SMILES string of the molecule is COc1cc(NC(=O)COc2ccc(Cl)cc2[N+](=O)[O-])c(OC)cc1Cl. The molecular weight excluding hydrogens is 387 g/mol. The molecule has 0 aliphatic rings. The molecule has 2 rings (SSSR count). The van der Waals surface area contributed by atoms with E-state index in [1.54, 1.807) is 0 Å². The number of anilines is 1. The first-order valence-electron chi connectivity index (χ1n) is 7.13. The minimum atomic E-state index is -0.647. The zero-order chi connectivity index (χ0) is 19.3. The predicted octanol–water partition coefficient (Wildman–Crippen LogP) is 3.94. The zero-order valence-electron chi connectivity index (χ0n) is 13.7. The maximum Gasteiger partial charge on any atom is 0.312 e. The Balaban J connectivity index is 2.12. The fourth-order valence-electron chi connectivity index (χ4n) is 2.04. The number of nitro groups is 1. The van der Waals surface area contributed by atoms with Crippen molar-refractivity contribution in [1.29, 1.82) is 0 Å². The van der Waals surface area contributed by atoms with Crippen molar-refractivity contribution >= 4 is 40.5 Å². The van der Waals surface area contributed by atoms with Crippen LogP contribution in [0.2, 0.25) is 10.0 Å². The first kappa shape index (κ1) is 19.6. The predicted molar refractivity (Wildman–Crippen MR) is 96.8 cm³/mol. The molecule has 8 nitrogen and oxygen atoms in total. The standard InChI is InChI=1S/C16H14Cl2N2O6/c1-24-14-7-11(15(25-2)6-10(14)18)19-16(21)8-26-13-4-3-9(17)5-12(13)20(22)23/h3-7H,8H2,1-2H3,(H,19,21). The van der Waals surface area contributed by atoms with Gasteiger partial charge in [-0.05, 0) is 12.1 Å². The highest BCUT2D eigenvalue weighted by molar-refractivity contribution is 6.32. The van der Waals surface area contributed by atoms with E-state index in [0.29, 0.717) is 22.2 Å². The molecule has 0 radical (unpaired) electrons. The molecule has 138 valence electrons. The molecule has 0 bridgehead atoms. The van der Waals surface area contributed by atoms with E-state index in [2.05, 4.69) is 5.32 Å². The molecule has 0 fully saturated rings. The fraction of sp³-hybridized carbons (Fsp3) is 0.188. The van der Waals surface area contributed by atoms with E-state index in [1.807, 2.05) is 0 Å². The summed E-state index contributed by atoms with van der Waals surface area (Å²) >= 11 is 11.7. The number of nitro benzene ring substituents is 1. The lowest BCUT2D eigenvalue weighted by Crippen LogP contribution is -2.20. The van der Waals surface area contributed by atoms with Crippen LogP contribution in [0.1, 0.15) is 0 Å². The molecule has 1 N–H and O–H groups in total. The largest absolute Gasteiger partial charge is 0.495 e. The summed E-state index contributed by atoms with van der Waals surface area (Å²) in [6.45, 7) is -0.462. The number of methoxy groups -OCH3 is 2. The van der Waals surface area contributed by atoms with Gasteiger partial charge < -0.3 is 19.5 Å². The Hall–Kier alpha value is -2.71. The second-order valence-electron chi connectivity index (χ2n) is 4.89. The first-order chi connectivity index (χ1) is 12.3. The van der Waals surface area contributed by atoms with E-state index in [-0.39, 0.29) is 16.5 Å². The lowest BCUT2D eigenvalue weighted by atomic mass is 10.2. The number of rotatable bonds is 7. The van der Waals surface area contributed by atoms with E-state index in [9.17, 15) is 14.9 Å². The summed E-state index contributed by atoms with van der Waals surface area (Å²) < 4.78 is 15.5. The van der Waals surface area contributed by atoms with Crippen molar-refractivity contribution in [3.63, 3.8) is 0 Å². The summed E-state index contributed by atoms with van der Waals surface area (Å²) in [5.74, 6) is 0.0331. The van der Waals surface area contributed by atoms with Crippen LogP contribution in [0.3, 0.4) is 0 Å². The van der Waals surface area contributed by atoms with Gasteiger partial charge >= 0.3 is 5.69 Å². The summed E-state index contributed by atoms with van der Waals surface area (Å²) in [4.78, 5) is 22.5. The number of hydrogen-bond donors (Lipinski definition) is 1. The Labute approximate surface area is 158 Å². The van der Waals surface area contributed by atoms with Crippen LogP contribution in [0.5, 0.6) is 17.2 Å². The van der Waals surface area contributed by atoms with Crippen LogP contribution >= 0.6 is 23.2 Å². The second kappa shape index (κ2) is 8.59. The first-order valence-corrected chi connectivity index (χ1v) is 7.89. The lowest BCUT2D eigenvalue weighted by molar-refractivity contribution is -0.385. The topological polar surface area (TPSA) is 99.9 Å². The highest BCUT2D eigenvalue weighted by Gasteiger charge is 2.18. The van der Waals surface area contributed by atoms with Crippen LogP contribution in [-0.4, -0.2) is 31.7 Å². The second-order valence-corrected chi connectivity index (χ2v) is 5.74. The molecular formula is C16H14Cl2N2O6.